The second kappa shape index (κ2) is 10.0. The highest BCUT2D eigenvalue weighted by Crippen LogP contribution is 2.19. The van der Waals surface area contributed by atoms with Gasteiger partial charge in [-0.2, -0.15) is 5.26 Å². The van der Waals surface area contributed by atoms with Crippen molar-refractivity contribution in [3.63, 3.8) is 0 Å². The van der Waals surface area contributed by atoms with E-state index in [0.29, 0.717) is 4.83 Å². The van der Waals surface area contributed by atoms with Crippen molar-refractivity contribution in [2.75, 3.05) is 0 Å². The highest BCUT2D eigenvalue weighted by atomic mass is 79.9. The third-order valence-corrected chi connectivity index (χ3v) is 4.40. The maximum Gasteiger partial charge on any atom is 0.0994 e. The molecule has 0 aliphatic heterocycles. The molecule has 0 N–H and O–H groups in total. The number of alkyl halides is 1. The highest BCUT2D eigenvalue weighted by Gasteiger charge is 2.06. The van der Waals surface area contributed by atoms with Crippen LogP contribution in [0.2, 0.25) is 0 Å². The van der Waals surface area contributed by atoms with Gasteiger partial charge in [-0.05, 0) is 30.9 Å². The largest absolute Gasteiger partial charge is 0.192 e. The van der Waals surface area contributed by atoms with Crippen LogP contribution >= 0.6 is 15.9 Å². The van der Waals surface area contributed by atoms with Gasteiger partial charge in [0.15, 0.2) is 0 Å². The van der Waals surface area contributed by atoms with Gasteiger partial charge in [-0.1, -0.05) is 73.2 Å². The minimum atomic E-state index is 0.584. The van der Waals surface area contributed by atoms with Gasteiger partial charge in [-0.3, -0.25) is 0 Å². The first-order valence-corrected chi connectivity index (χ1v) is 8.31. The number of nitriles is 1. The first-order valence-electron chi connectivity index (χ1n) is 7.40. The molecule has 0 saturated heterocycles. The molecule has 0 amide bonds. The summed E-state index contributed by atoms with van der Waals surface area (Å²) in [5.41, 5.74) is 2.01. The zero-order chi connectivity index (χ0) is 13.9. The SMILES string of the molecule is CCCCCCCC(Br)CCc1ccccc1C#N. The third kappa shape index (κ3) is 6.78. The van der Waals surface area contributed by atoms with Crippen LogP contribution in [-0.4, -0.2) is 4.83 Å². The summed E-state index contributed by atoms with van der Waals surface area (Å²) in [6.07, 6.45) is 10.1. The Morgan fingerprint density at radius 1 is 1.11 bits per heavy atom. The lowest BCUT2D eigenvalue weighted by Gasteiger charge is -2.10. The lowest BCUT2D eigenvalue weighted by molar-refractivity contribution is 0.587. The van der Waals surface area contributed by atoms with E-state index in [1.54, 1.807) is 0 Å². The normalized spacial score (nSPS) is 12.1. The van der Waals surface area contributed by atoms with Gasteiger partial charge in [0.25, 0.3) is 0 Å². The molecule has 0 aromatic heterocycles. The molecule has 1 aromatic carbocycles. The maximum absolute atomic E-state index is 9.05. The predicted octanol–water partition coefficient (Wildman–Crippen LogP) is 5.61. The van der Waals surface area contributed by atoms with Crippen molar-refractivity contribution in [2.45, 2.75) is 63.1 Å². The molecule has 1 nitrogen and oxygen atoms in total. The smallest absolute Gasteiger partial charge is 0.0994 e. The summed E-state index contributed by atoms with van der Waals surface area (Å²) in [7, 11) is 0. The van der Waals surface area contributed by atoms with E-state index in [1.807, 2.05) is 18.2 Å². The van der Waals surface area contributed by atoms with Crippen LogP contribution in [0, 0.1) is 11.3 Å². The maximum atomic E-state index is 9.05. The van der Waals surface area contributed by atoms with E-state index in [2.05, 4.69) is 35.0 Å². The van der Waals surface area contributed by atoms with Gasteiger partial charge in [0.2, 0.25) is 0 Å². The van der Waals surface area contributed by atoms with Crippen molar-refractivity contribution in [1.82, 2.24) is 0 Å². The number of rotatable bonds is 9. The molecule has 0 aliphatic carbocycles. The van der Waals surface area contributed by atoms with Gasteiger partial charge in [-0.15, -0.1) is 0 Å². The highest BCUT2D eigenvalue weighted by molar-refractivity contribution is 9.09. The molecule has 104 valence electrons. The molecule has 1 unspecified atom stereocenters. The molecule has 0 spiro atoms. The van der Waals surface area contributed by atoms with Crippen molar-refractivity contribution in [1.29, 1.82) is 5.26 Å². The number of hydrogen-bond acceptors (Lipinski definition) is 1. The topological polar surface area (TPSA) is 23.8 Å². The summed E-state index contributed by atoms with van der Waals surface area (Å²) in [6.45, 7) is 2.25. The Bertz CT molecular complexity index is 394. The fourth-order valence-electron chi connectivity index (χ4n) is 2.27. The summed E-state index contributed by atoms with van der Waals surface area (Å²) in [5.74, 6) is 0. The standard InChI is InChI=1S/C17H24BrN/c1-2-3-4-5-6-11-17(18)13-12-15-9-7-8-10-16(15)14-19/h7-10,17H,2-6,11-13H2,1H3. The second-order valence-corrected chi connectivity index (χ2v) is 6.40. The van der Waals surface area contributed by atoms with Gasteiger partial charge in [0.1, 0.15) is 0 Å². The summed E-state index contributed by atoms with van der Waals surface area (Å²) >= 11 is 3.77. The molecule has 1 aromatic rings. The fraction of sp³-hybridized carbons (Fsp3) is 0.588. The van der Waals surface area contributed by atoms with E-state index < -0.39 is 0 Å². The second-order valence-electron chi connectivity index (χ2n) is 5.11. The number of benzene rings is 1. The first-order chi connectivity index (χ1) is 9.27. The number of aryl methyl sites for hydroxylation is 1. The Morgan fingerprint density at radius 2 is 1.84 bits per heavy atom. The quantitative estimate of drug-likeness (QED) is 0.428. The van der Waals surface area contributed by atoms with Crippen molar-refractivity contribution in [3.8, 4) is 6.07 Å². The van der Waals surface area contributed by atoms with Crippen LogP contribution in [0.3, 0.4) is 0 Å². The fourth-order valence-corrected chi connectivity index (χ4v) is 2.83. The number of halogens is 1. The molecule has 0 aliphatic rings. The van der Waals surface area contributed by atoms with Crippen molar-refractivity contribution >= 4 is 15.9 Å². The monoisotopic (exact) mass is 321 g/mol. The number of hydrogen-bond donors (Lipinski definition) is 0. The van der Waals surface area contributed by atoms with Gasteiger partial charge >= 0.3 is 0 Å². The molecule has 1 atom stereocenters. The first kappa shape index (κ1) is 16.2. The third-order valence-electron chi connectivity index (χ3n) is 3.49. The van der Waals surface area contributed by atoms with Crippen molar-refractivity contribution < 1.29 is 0 Å². The van der Waals surface area contributed by atoms with Crippen molar-refractivity contribution in [3.05, 3.63) is 35.4 Å². The van der Waals surface area contributed by atoms with E-state index in [4.69, 9.17) is 5.26 Å². The molecule has 2 heteroatoms. The van der Waals surface area contributed by atoms with E-state index in [9.17, 15) is 0 Å². The Labute approximate surface area is 126 Å². The molecule has 19 heavy (non-hydrogen) atoms. The zero-order valence-electron chi connectivity index (χ0n) is 11.9. The Hall–Kier alpha value is -0.810. The van der Waals surface area contributed by atoms with Crippen LogP contribution in [0.15, 0.2) is 24.3 Å². The molecule has 0 radical (unpaired) electrons. The van der Waals surface area contributed by atoms with Crippen LogP contribution < -0.4 is 0 Å². The van der Waals surface area contributed by atoms with Crippen LogP contribution in [0.4, 0.5) is 0 Å². The van der Waals surface area contributed by atoms with Gasteiger partial charge in [-0.25, -0.2) is 0 Å². The van der Waals surface area contributed by atoms with Crippen LogP contribution in [-0.2, 0) is 6.42 Å². The molecule has 0 saturated carbocycles. The average Bonchev–Trinajstić information content (AvgIpc) is 2.45. The summed E-state index contributed by atoms with van der Waals surface area (Å²) in [5, 5.41) is 9.05. The average molecular weight is 322 g/mol. The molecular weight excluding hydrogens is 298 g/mol. The van der Waals surface area contributed by atoms with Crippen molar-refractivity contribution in [2.24, 2.45) is 0 Å². The van der Waals surface area contributed by atoms with Gasteiger partial charge in [0, 0.05) is 4.83 Å². The molecular formula is C17H24BrN. The summed E-state index contributed by atoms with van der Waals surface area (Å²) < 4.78 is 0. The van der Waals surface area contributed by atoms with E-state index in [0.717, 1.165) is 18.4 Å². The Kier molecular flexibility index (Phi) is 8.58. The van der Waals surface area contributed by atoms with Crippen LogP contribution in [0.1, 0.15) is 63.0 Å². The lowest BCUT2D eigenvalue weighted by Crippen LogP contribution is -2.01. The minimum absolute atomic E-state index is 0.584. The van der Waals surface area contributed by atoms with Gasteiger partial charge < -0.3 is 0 Å². The zero-order valence-corrected chi connectivity index (χ0v) is 13.5. The van der Waals surface area contributed by atoms with E-state index in [-0.39, 0.29) is 0 Å². The molecule has 0 heterocycles. The summed E-state index contributed by atoms with van der Waals surface area (Å²) in [6, 6.07) is 10.2. The lowest BCUT2D eigenvalue weighted by atomic mass is 10.0. The Morgan fingerprint density at radius 3 is 2.58 bits per heavy atom. The number of unbranched alkanes of at least 4 members (excludes halogenated alkanes) is 4. The van der Waals surface area contributed by atoms with Crippen LogP contribution in [0.5, 0.6) is 0 Å². The minimum Gasteiger partial charge on any atom is -0.192 e. The molecule has 0 bridgehead atoms. The summed E-state index contributed by atoms with van der Waals surface area (Å²) in [4.78, 5) is 0.584. The van der Waals surface area contributed by atoms with E-state index >= 15 is 0 Å². The number of nitrogens with zero attached hydrogens (tertiary/aromatic N) is 1. The molecule has 0 fully saturated rings. The van der Waals surface area contributed by atoms with Crippen LogP contribution in [0.25, 0.3) is 0 Å². The van der Waals surface area contributed by atoms with E-state index in [1.165, 1.54) is 44.1 Å². The molecule has 1 rings (SSSR count). The van der Waals surface area contributed by atoms with Gasteiger partial charge in [0.05, 0.1) is 11.6 Å². The Balaban J connectivity index is 2.23. The predicted molar refractivity (Wildman–Crippen MR) is 85.6 cm³/mol.